The highest BCUT2D eigenvalue weighted by Crippen LogP contribution is 2.32. The van der Waals surface area contributed by atoms with Gasteiger partial charge >= 0.3 is 0 Å². The number of halogens is 1. The van der Waals surface area contributed by atoms with Crippen molar-refractivity contribution in [3.63, 3.8) is 0 Å². The minimum atomic E-state index is -0.217. The van der Waals surface area contributed by atoms with Crippen molar-refractivity contribution in [1.29, 1.82) is 0 Å². The molecule has 0 saturated heterocycles. The average molecular weight is 377 g/mol. The molecule has 0 radical (unpaired) electrons. The van der Waals surface area contributed by atoms with Gasteiger partial charge in [-0.25, -0.2) is 0 Å². The van der Waals surface area contributed by atoms with Crippen molar-refractivity contribution < 1.29 is 19.1 Å². The Morgan fingerprint density at radius 2 is 1.88 bits per heavy atom. The molecule has 2 rings (SSSR count). The van der Waals surface area contributed by atoms with Crippen molar-refractivity contribution in [3.05, 3.63) is 47.5 Å². The van der Waals surface area contributed by atoms with E-state index >= 15 is 0 Å². The highest BCUT2D eigenvalue weighted by atomic mass is 35.5. The Balaban J connectivity index is 2.09. The predicted octanol–water partition coefficient (Wildman–Crippen LogP) is 3.74. The second-order valence-electron chi connectivity index (χ2n) is 5.52. The van der Waals surface area contributed by atoms with Crippen LogP contribution in [0.25, 0.3) is 0 Å². The highest BCUT2D eigenvalue weighted by molar-refractivity contribution is 6.30. The molecule has 7 heteroatoms. The summed E-state index contributed by atoms with van der Waals surface area (Å²) in [5.41, 5.74) is 1.19. The zero-order valence-corrected chi connectivity index (χ0v) is 15.7. The first kappa shape index (κ1) is 19.6. The molecule has 0 aromatic heterocycles. The third-order valence-corrected chi connectivity index (χ3v) is 3.96. The maximum Gasteiger partial charge on any atom is 0.226 e. The number of anilines is 2. The fraction of sp³-hybridized carbons (Fsp3) is 0.263. The second-order valence-corrected chi connectivity index (χ2v) is 5.95. The van der Waals surface area contributed by atoms with Crippen molar-refractivity contribution in [2.75, 3.05) is 31.0 Å². The molecule has 0 saturated carbocycles. The minimum Gasteiger partial charge on any atom is -0.497 e. The van der Waals surface area contributed by atoms with Crippen LogP contribution in [0.4, 0.5) is 11.4 Å². The van der Waals surface area contributed by atoms with E-state index in [4.69, 9.17) is 21.1 Å². The van der Waals surface area contributed by atoms with E-state index in [1.165, 1.54) is 18.9 Å². The number of carbonyl (C=O) groups excluding carboxylic acids is 2. The molecule has 1 N–H and O–H groups in total. The molecule has 26 heavy (non-hydrogen) atoms. The molecule has 0 aliphatic carbocycles. The molecular formula is C19H21ClN2O4. The largest absolute Gasteiger partial charge is 0.497 e. The number of benzene rings is 2. The molecule has 0 spiro atoms. The van der Waals surface area contributed by atoms with Crippen LogP contribution in [0.2, 0.25) is 5.02 Å². The number of carbonyl (C=O) groups is 2. The Morgan fingerprint density at radius 1 is 1.12 bits per heavy atom. The molecule has 6 nitrogen and oxygen atoms in total. The van der Waals surface area contributed by atoms with Gasteiger partial charge in [-0.1, -0.05) is 17.7 Å². The molecule has 0 fully saturated rings. The highest BCUT2D eigenvalue weighted by Gasteiger charge is 2.18. The van der Waals surface area contributed by atoms with E-state index in [-0.39, 0.29) is 24.8 Å². The second kappa shape index (κ2) is 9.10. The number of methoxy groups -OCH3 is 2. The van der Waals surface area contributed by atoms with Crippen molar-refractivity contribution in [2.45, 2.75) is 13.3 Å². The monoisotopic (exact) mass is 376 g/mol. The topological polar surface area (TPSA) is 67.9 Å². The van der Waals surface area contributed by atoms with E-state index < -0.39 is 0 Å². The van der Waals surface area contributed by atoms with Crippen LogP contribution in [0, 0.1) is 0 Å². The van der Waals surface area contributed by atoms with Crippen LogP contribution in [0.5, 0.6) is 11.5 Å². The summed E-state index contributed by atoms with van der Waals surface area (Å²) in [5, 5.41) is 3.30. The summed E-state index contributed by atoms with van der Waals surface area (Å²) in [7, 11) is 3.07. The van der Waals surface area contributed by atoms with Gasteiger partial charge in [0.25, 0.3) is 0 Å². The molecule has 2 aromatic rings. The van der Waals surface area contributed by atoms with Crippen molar-refractivity contribution >= 4 is 34.8 Å². The Morgan fingerprint density at radius 3 is 2.50 bits per heavy atom. The zero-order valence-electron chi connectivity index (χ0n) is 14.9. The lowest BCUT2D eigenvalue weighted by molar-refractivity contribution is -0.117. The van der Waals surface area contributed by atoms with Crippen molar-refractivity contribution in [3.8, 4) is 11.5 Å². The molecule has 0 unspecified atom stereocenters. The Kier molecular flexibility index (Phi) is 6.86. The van der Waals surface area contributed by atoms with Crippen molar-refractivity contribution in [2.24, 2.45) is 0 Å². The molecule has 0 atom stereocenters. The molecule has 138 valence electrons. The summed E-state index contributed by atoms with van der Waals surface area (Å²) in [5.74, 6) is 0.706. The first-order valence-electron chi connectivity index (χ1n) is 8.00. The van der Waals surface area contributed by atoms with Gasteiger partial charge in [0.1, 0.15) is 11.5 Å². The molecule has 2 aromatic carbocycles. The van der Waals surface area contributed by atoms with E-state index in [1.807, 2.05) is 0 Å². The van der Waals surface area contributed by atoms with Gasteiger partial charge in [0.2, 0.25) is 11.8 Å². The van der Waals surface area contributed by atoms with Crippen LogP contribution < -0.4 is 19.7 Å². The maximum atomic E-state index is 12.2. The summed E-state index contributed by atoms with van der Waals surface area (Å²) in [4.78, 5) is 25.8. The van der Waals surface area contributed by atoms with Gasteiger partial charge in [0.05, 0.1) is 19.9 Å². The molecular weight excluding hydrogens is 356 g/mol. The third kappa shape index (κ3) is 5.13. The molecule has 0 aliphatic heterocycles. The van der Waals surface area contributed by atoms with Gasteiger partial charge in [0, 0.05) is 36.7 Å². The molecule has 2 amide bonds. The number of rotatable bonds is 7. The molecule has 0 aliphatic rings. The normalized spacial score (nSPS) is 10.2. The lowest BCUT2D eigenvalue weighted by Gasteiger charge is -2.23. The van der Waals surface area contributed by atoms with Crippen molar-refractivity contribution in [1.82, 2.24) is 0 Å². The maximum absolute atomic E-state index is 12.2. The smallest absolute Gasteiger partial charge is 0.226 e. The fourth-order valence-electron chi connectivity index (χ4n) is 2.46. The van der Waals surface area contributed by atoms with Crippen LogP contribution >= 0.6 is 11.6 Å². The van der Waals surface area contributed by atoms with Crippen LogP contribution in [-0.4, -0.2) is 32.6 Å². The quantitative estimate of drug-likeness (QED) is 0.799. The van der Waals surface area contributed by atoms with Crippen LogP contribution in [0.1, 0.15) is 13.3 Å². The van der Waals surface area contributed by atoms with Crippen LogP contribution in [0.15, 0.2) is 42.5 Å². The van der Waals surface area contributed by atoms with Gasteiger partial charge in [0.15, 0.2) is 0 Å². The zero-order chi connectivity index (χ0) is 19.1. The number of nitrogens with zero attached hydrogens (tertiary/aromatic N) is 1. The summed E-state index contributed by atoms with van der Waals surface area (Å²) in [6.07, 6.45) is 0.126. The van der Waals surface area contributed by atoms with Gasteiger partial charge < -0.3 is 19.7 Å². The summed E-state index contributed by atoms with van der Waals surface area (Å²) >= 11 is 5.91. The van der Waals surface area contributed by atoms with E-state index in [2.05, 4.69) is 5.32 Å². The van der Waals surface area contributed by atoms with E-state index in [1.54, 1.807) is 49.6 Å². The summed E-state index contributed by atoms with van der Waals surface area (Å²) < 4.78 is 10.5. The van der Waals surface area contributed by atoms with E-state index in [0.717, 1.165) is 0 Å². The SMILES string of the molecule is COc1ccc(N(CCC(=O)Nc2cccc(Cl)c2)C(C)=O)c(OC)c1. The van der Waals surface area contributed by atoms with E-state index in [0.29, 0.717) is 27.9 Å². The van der Waals surface area contributed by atoms with E-state index in [9.17, 15) is 9.59 Å². The first-order valence-corrected chi connectivity index (χ1v) is 8.38. The molecule has 0 bridgehead atoms. The number of hydrogen-bond acceptors (Lipinski definition) is 4. The van der Waals surface area contributed by atoms with Crippen LogP contribution in [0.3, 0.4) is 0 Å². The minimum absolute atomic E-state index is 0.126. The lowest BCUT2D eigenvalue weighted by atomic mass is 10.2. The van der Waals surface area contributed by atoms with Gasteiger partial charge in [-0.15, -0.1) is 0 Å². The van der Waals surface area contributed by atoms with Crippen LogP contribution in [-0.2, 0) is 9.59 Å². The third-order valence-electron chi connectivity index (χ3n) is 3.73. The first-order chi connectivity index (χ1) is 12.4. The average Bonchev–Trinajstić information content (AvgIpc) is 2.61. The molecule has 0 heterocycles. The van der Waals surface area contributed by atoms with Gasteiger partial charge in [-0.2, -0.15) is 0 Å². The summed E-state index contributed by atoms with van der Waals surface area (Å²) in [6.45, 7) is 1.66. The van der Waals surface area contributed by atoms with Gasteiger partial charge in [-0.3, -0.25) is 9.59 Å². The number of ether oxygens (including phenoxy) is 2. The Hall–Kier alpha value is -2.73. The lowest BCUT2D eigenvalue weighted by Crippen LogP contribution is -2.32. The predicted molar refractivity (Wildman–Crippen MR) is 102 cm³/mol. The summed E-state index contributed by atoms with van der Waals surface area (Å²) in [6, 6.07) is 12.0. The number of nitrogens with one attached hydrogen (secondary N) is 1. The van der Waals surface area contributed by atoms with Gasteiger partial charge in [-0.05, 0) is 30.3 Å². The number of amides is 2. The number of hydrogen-bond donors (Lipinski definition) is 1. The standard InChI is InChI=1S/C19H21ClN2O4/c1-13(23)22(17-8-7-16(25-2)12-18(17)26-3)10-9-19(24)21-15-6-4-5-14(20)11-15/h4-8,11-12H,9-10H2,1-3H3,(H,21,24). The Bertz CT molecular complexity index is 795. The fourth-order valence-corrected chi connectivity index (χ4v) is 2.65. The Labute approximate surface area is 157 Å².